The van der Waals surface area contributed by atoms with Gasteiger partial charge in [-0.3, -0.25) is 0 Å². The van der Waals surface area contributed by atoms with Crippen LogP contribution >= 0.6 is 0 Å². The SMILES string of the molecule is CC1(C)CCC(CN)C(c2ccc(OC3CC3)cc2)C1. The fourth-order valence-electron chi connectivity index (χ4n) is 3.49. The third-order valence-corrected chi connectivity index (χ3v) is 4.97. The molecule has 0 radical (unpaired) electrons. The zero-order chi connectivity index (χ0) is 14.2. The van der Waals surface area contributed by atoms with E-state index in [2.05, 4.69) is 38.1 Å². The average molecular weight is 273 g/mol. The summed E-state index contributed by atoms with van der Waals surface area (Å²) in [6, 6.07) is 8.80. The van der Waals surface area contributed by atoms with E-state index < -0.39 is 0 Å². The fraction of sp³-hybridized carbons (Fsp3) is 0.667. The van der Waals surface area contributed by atoms with E-state index in [0.29, 0.717) is 23.4 Å². The van der Waals surface area contributed by atoms with Crippen LogP contribution in [0.5, 0.6) is 5.75 Å². The van der Waals surface area contributed by atoms with Crippen molar-refractivity contribution in [3.63, 3.8) is 0 Å². The zero-order valence-electron chi connectivity index (χ0n) is 12.8. The highest BCUT2D eigenvalue weighted by Crippen LogP contribution is 2.46. The molecule has 2 aliphatic rings. The van der Waals surface area contributed by atoms with Gasteiger partial charge < -0.3 is 10.5 Å². The lowest BCUT2D eigenvalue weighted by atomic mass is 9.65. The van der Waals surface area contributed by atoms with Crippen LogP contribution in [0.3, 0.4) is 0 Å². The van der Waals surface area contributed by atoms with Gasteiger partial charge in [0, 0.05) is 0 Å². The van der Waals surface area contributed by atoms with Crippen molar-refractivity contribution in [2.24, 2.45) is 17.1 Å². The number of nitrogens with two attached hydrogens (primary N) is 1. The molecule has 2 heteroatoms. The first kappa shape index (κ1) is 13.9. The maximum absolute atomic E-state index is 6.00. The molecule has 2 fully saturated rings. The fourth-order valence-corrected chi connectivity index (χ4v) is 3.49. The van der Waals surface area contributed by atoms with Gasteiger partial charge in [0.1, 0.15) is 5.75 Å². The van der Waals surface area contributed by atoms with Crippen LogP contribution < -0.4 is 10.5 Å². The lowest BCUT2D eigenvalue weighted by Crippen LogP contribution is -2.32. The van der Waals surface area contributed by atoms with Crippen molar-refractivity contribution in [3.8, 4) is 5.75 Å². The Morgan fingerprint density at radius 1 is 1.15 bits per heavy atom. The largest absolute Gasteiger partial charge is 0.490 e. The van der Waals surface area contributed by atoms with Crippen molar-refractivity contribution in [3.05, 3.63) is 29.8 Å². The van der Waals surface area contributed by atoms with Gasteiger partial charge in [-0.05, 0) is 73.6 Å². The topological polar surface area (TPSA) is 35.2 Å². The first-order valence-electron chi connectivity index (χ1n) is 8.04. The molecule has 2 N–H and O–H groups in total. The molecule has 20 heavy (non-hydrogen) atoms. The summed E-state index contributed by atoms with van der Waals surface area (Å²) in [7, 11) is 0. The molecule has 3 rings (SSSR count). The highest BCUT2D eigenvalue weighted by Gasteiger charge is 2.35. The van der Waals surface area contributed by atoms with Crippen molar-refractivity contribution >= 4 is 0 Å². The van der Waals surface area contributed by atoms with Gasteiger partial charge in [0.25, 0.3) is 0 Å². The Balaban J connectivity index is 1.74. The normalized spacial score (nSPS) is 29.1. The van der Waals surface area contributed by atoms with Crippen LogP contribution in [0, 0.1) is 11.3 Å². The van der Waals surface area contributed by atoms with Crippen LogP contribution in [0.1, 0.15) is 57.4 Å². The smallest absolute Gasteiger partial charge is 0.119 e. The molecule has 0 bridgehead atoms. The Morgan fingerprint density at radius 3 is 2.45 bits per heavy atom. The molecule has 0 spiro atoms. The minimum absolute atomic E-state index is 0.444. The van der Waals surface area contributed by atoms with Crippen LogP contribution in [-0.4, -0.2) is 12.6 Å². The van der Waals surface area contributed by atoms with Gasteiger partial charge in [-0.1, -0.05) is 26.0 Å². The minimum Gasteiger partial charge on any atom is -0.490 e. The molecule has 2 nitrogen and oxygen atoms in total. The van der Waals surface area contributed by atoms with Crippen LogP contribution in [0.25, 0.3) is 0 Å². The maximum Gasteiger partial charge on any atom is 0.119 e. The summed E-state index contributed by atoms with van der Waals surface area (Å²) in [5.41, 5.74) is 7.88. The van der Waals surface area contributed by atoms with Gasteiger partial charge in [-0.15, -0.1) is 0 Å². The molecule has 0 aliphatic heterocycles. The molecule has 2 atom stereocenters. The van der Waals surface area contributed by atoms with Crippen LogP contribution in [0.15, 0.2) is 24.3 Å². The second kappa shape index (κ2) is 5.40. The van der Waals surface area contributed by atoms with E-state index in [1.54, 1.807) is 0 Å². The van der Waals surface area contributed by atoms with E-state index in [0.717, 1.165) is 12.3 Å². The first-order valence-corrected chi connectivity index (χ1v) is 8.04. The summed E-state index contributed by atoms with van der Waals surface area (Å²) in [6.07, 6.45) is 6.72. The zero-order valence-corrected chi connectivity index (χ0v) is 12.8. The van der Waals surface area contributed by atoms with E-state index in [1.165, 1.54) is 37.7 Å². The van der Waals surface area contributed by atoms with Crippen LogP contribution in [0.2, 0.25) is 0 Å². The van der Waals surface area contributed by atoms with Crippen molar-refractivity contribution in [1.82, 2.24) is 0 Å². The quantitative estimate of drug-likeness (QED) is 0.896. The van der Waals surface area contributed by atoms with E-state index in [-0.39, 0.29) is 0 Å². The van der Waals surface area contributed by atoms with Crippen LogP contribution in [0.4, 0.5) is 0 Å². The van der Waals surface area contributed by atoms with Gasteiger partial charge in [-0.25, -0.2) is 0 Å². The Kier molecular flexibility index (Phi) is 3.76. The summed E-state index contributed by atoms with van der Waals surface area (Å²) in [5, 5.41) is 0. The summed E-state index contributed by atoms with van der Waals surface area (Å²) in [5.74, 6) is 2.27. The lowest BCUT2D eigenvalue weighted by Gasteiger charge is -2.40. The van der Waals surface area contributed by atoms with Crippen molar-refractivity contribution in [2.45, 2.75) is 58.0 Å². The average Bonchev–Trinajstić information content (AvgIpc) is 3.23. The standard InChI is InChI=1S/C18H27NO/c1-18(2)10-9-14(12-19)17(11-18)13-3-5-15(6-4-13)20-16-7-8-16/h3-6,14,16-17H,7-12,19H2,1-2H3. The third kappa shape index (κ3) is 3.17. The Morgan fingerprint density at radius 2 is 1.85 bits per heavy atom. The van der Waals surface area contributed by atoms with E-state index in [9.17, 15) is 0 Å². The summed E-state index contributed by atoms with van der Waals surface area (Å²) in [4.78, 5) is 0. The number of hydrogen-bond acceptors (Lipinski definition) is 2. The van der Waals surface area contributed by atoms with Crippen molar-refractivity contribution in [1.29, 1.82) is 0 Å². The molecule has 0 amide bonds. The number of rotatable bonds is 4. The molecule has 2 aliphatic carbocycles. The molecular formula is C18H27NO. The van der Waals surface area contributed by atoms with Gasteiger partial charge in [0.05, 0.1) is 6.10 Å². The minimum atomic E-state index is 0.444. The Hall–Kier alpha value is -1.02. The second-order valence-corrected chi connectivity index (χ2v) is 7.40. The highest BCUT2D eigenvalue weighted by atomic mass is 16.5. The van der Waals surface area contributed by atoms with E-state index in [1.807, 2.05) is 0 Å². The lowest BCUT2D eigenvalue weighted by molar-refractivity contribution is 0.165. The molecule has 0 heterocycles. The second-order valence-electron chi connectivity index (χ2n) is 7.40. The summed E-state index contributed by atoms with van der Waals surface area (Å²) < 4.78 is 5.84. The van der Waals surface area contributed by atoms with Gasteiger partial charge >= 0.3 is 0 Å². The van der Waals surface area contributed by atoms with Crippen molar-refractivity contribution < 1.29 is 4.74 Å². The molecule has 0 aromatic heterocycles. The third-order valence-electron chi connectivity index (χ3n) is 4.97. The number of ether oxygens (including phenoxy) is 1. The molecule has 2 saturated carbocycles. The van der Waals surface area contributed by atoms with Crippen LogP contribution in [-0.2, 0) is 0 Å². The van der Waals surface area contributed by atoms with E-state index in [4.69, 9.17) is 10.5 Å². The maximum atomic E-state index is 6.00. The Labute approximate surface area is 122 Å². The van der Waals surface area contributed by atoms with Crippen molar-refractivity contribution in [2.75, 3.05) is 6.54 Å². The molecule has 2 unspecified atom stereocenters. The van der Waals surface area contributed by atoms with Gasteiger partial charge in [-0.2, -0.15) is 0 Å². The summed E-state index contributed by atoms with van der Waals surface area (Å²) in [6.45, 7) is 5.58. The molecular weight excluding hydrogens is 246 g/mol. The number of hydrogen-bond donors (Lipinski definition) is 1. The number of benzene rings is 1. The highest BCUT2D eigenvalue weighted by molar-refractivity contribution is 5.31. The molecule has 1 aromatic carbocycles. The van der Waals surface area contributed by atoms with Gasteiger partial charge in [0.15, 0.2) is 0 Å². The van der Waals surface area contributed by atoms with E-state index >= 15 is 0 Å². The first-order chi connectivity index (χ1) is 9.57. The Bertz CT molecular complexity index is 447. The predicted octanol–water partition coefficient (Wildman–Crippen LogP) is 4.10. The predicted molar refractivity (Wildman–Crippen MR) is 83.0 cm³/mol. The molecule has 110 valence electrons. The molecule has 0 saturated heterocycles. The van der Waals surface area contributed by atoms with Gasteiger partial charge in [0.2, 0.25) is 0 Å². The monoisotopic (exact) mass is 273 g/mol. The summed E-state index contributed by atoms with van der Waals surface area (Å²) >= 11 is 0. The molecule has 1 aromatic rings.